The molecule has 0 fully saturated rings. The summed E-state index contributed by atoms with van der Waals surface area (Å²) in [6.45, 7) is 0. The summed E-state index contributed by atoms with van der Waals surface area (Å²) in [6.07, 6.45) is 1.23. The molecule has 0 unspecified atom stereocenters. The van der Waals surface area contributed by atoms with Crippen LogP contribution in [0.5, 0.6) is 5.75 Å². The minimum Gasteiger partial charge on any atom is -0.496 e. The van der Waals surface area contributed by atoms with Crippen molar-refractivity contribution >= 4 is 46.6 Å². The average Bonchev–Trinajstić information content (AvgIpc) is 3.22. The van der Waals surface area contributed by atoms with E-state index in [1.54, 1.807) is 36.4 Å². The molecule has 0 aliphatic carbocycles. The van der Waals surface area contributed by atoms with Gasteiger partial charge in [-0.15, -0.1) is 0 Å². The number of methoxy groups -OCH3 is 1. The van der Waals surface area contributed by atoms with Crippen LogP contribution in [0.2, 0.25) is 10.0 Å². The Bertz CT molecular complexity index is 1240. The Kier molecular flexibility index (Phi) is 6.60. The maximum absolute atomic E-state index is 12.5. The van der Waals surface area contributed by atoms with Gasteiger partial charge in [-0.3, -0.25) is 14.9 Å². The molecular weight excluding hydrogens is 445 g/mol. The van der Waals surface area contributed by atoms with E-state index in [9.17, 15) is 20.2 Å². The second kappa shape index (κ2) is 9.34. The van der Waals surface area contributed by atoms with Crippen molar-refractivity contribution < 1.29 is 18.9 Å². The predicted octanol–water partition coefficient (Wildman–Crippen LogP) is 5.72. The maximum Gasteiger partial charge on any atom is 0.296 e. The van der Waals surface area contributed by atoms with Gasteiger partial charge in [-0.25, -0.2) is 0 Å². The van der Waals surface area contributed by atoms with Crippen LogP contribution in [0.3, 0.4) is 0 Å². The van der Waals surface area contributed by atoms with E-state index in [2.05, 4.69) is 5.32 Å². The summed E-state index contributed by atoms with van der Waals surface area (Å²) in [5.41, 5.74) is -0.0937. The number of nitro groups is 1. The van der Waals surface area contributed by atoms with E-state index in [4.69, 9.17) is 32.4 Å². The molecule has 0 spiro atoms. The first-order valence-corrected chi connectivity index (χ1v) is 9.39. The van der Waals surface area contributed by atoms with E-state index >= 15 is 0 Å². The summed E-state index contributed by atoms with van der Waals surface area (Å²) in [7, 11) is 1.36. The highest BCUT2D eigenvalue weighted by Gasteiger charge is 2.19. The first kappa shape index (κ1) is 21.9. The number of nitro benzene ring substituents is 1. The van der Waals surface area contributed by atoms with Crippen LogP contribution in [0.4, 0.5) is 11.4 Å². The molecule has 156 valence electrons. The van der Waals surface area contributed by atoms with Crippen LogP contribution in [0.25, 0.3) is 17.4 Å². The molecule has 1 N–H and O–H groups in total. The summed E-state index contributed by atoms with van der Waals surface area (Å²) >= 11 is 11.9. The molecule has 2 aromatic carbocycles. The largest absolute Gasteiger partial charge is 0.496 e. The molecule has 0 saturated carbocycles. The number of hydrogen-bond acceptors (Lipinski definition) is 6. The highest BCUT2D eigenvalue weighted by molar-refractivity contribution is 6.42. The quantitative estimate of drug-likeness (QED) is 0.219. The van der Waals surface area contributed by atoms with Gasteiger partial charge in [0.2, 0.25) is 0 Å². The minimum atomic E-state index is -0.830. The topological polar surface area (TPSA) is 118 Å². The third kappa shape index (κ3) is 5.04. The molecule has 0 aliphatic rings. The highest BCUT2D eigenvalue weighted by atomic mass is 35.5. The maximum atomic E-state index is 12.5. The van der Waals surface area contributed by atoms with E-state index in [1.165, 1.54) is 31.4 Å². The zero-order valence-electron chi connectivity index (χ0n) is 15.9. The van der Waals surface area contributed by atoms with Gasteiger partial charge in [0.05, 0.1) is 28.1 Å². The van der Waals surface area contributed by atoms with Crippen molar-refractivity contribution in [1.29, 1.82) is 5.26 Å². The standard InChI is InChI=1S/C21H13Cl2N3O5/c1-30-14-3-6-18(19(10-14)26(28)29)25-21(27)13(11-24)8-15-4-7-20(31-15)12-2-5-16(22)17(23)9-12/h2-10H,1H3,(H,25,27)/b13-8+. The van der Waals surface area contributed by atoms with E-state index in [0.29, 0.717) is 21.4 Å². The lowest BCUT2D eigenvalue weighted by molar-refractivity contribution is -0.384. The summed E-state index contributed by atoms with van der Waals surface area (Å²) in [4.78, 5) is 23.1. The summed E-state index contributed by atoms with van der Waals surface area (Å²) in [5.74, 6) is 0.111. The van der Waals surface area contributed by atoms with Gasteiger partial charge < -0.3 is 14.5 Å². The summed E-state index contributed by atoms with van der Waals surface area (Å²) in [5, 5.41) is 23.8. The fourth-order valence-electron chi connectivity index (χ4n) is 2.61. The molecule has 0 aliphatic heterocycles. The second-order valence-electron chi connectivity index (χ2n) is 6.10. The van der Waals surface area contributed by atoms with E-state index in [0.717, 1.165) is 0 Å². The molecule has 1 heterocycles. The molecule has 3 rings (SSSR count). The predicted molar refractivity (Wildman–Crippen MR) is 116 cm³/mol. The van der Waals surface area contributed by atoms with Crippen LogP contribution in [0, 0.1) is 21.4 Å². The Morgan fingerprint density at radius 2 is 1.97 bits per heavy atom. The van der Waals surface area contributed by atoms with Gasteiger partial charge in [-0.2, -0.15) is 5.26 Å². The van der Waals surface area contributed by atoms with Gasteiger partial charge in [-0.1, -0.05) is 23.2 Å². The number of carbonyl (C=O) groups is 1. The van der Waals surface area contributed by atoms with E-state index in [1.807, 2.05) is 0 Å². The normalized spacial score (nSPS) is 11.0. The monoisotopic (exact) mass is 457 g/mol. The van der Waals surface area contributed by atoms with Gasteiger partial charge in [0.1, 0.15) is 34.6 Å². The number of carbonyl (C=O) groups excluding carboxylic acids is 1. The Morgan fingerprint density at radius 3 is 2.61 bits per heavy atom. The van der Waals surface area contributed by atoms with Crippen molar-refractivity contribution in [3.8, 4) is 23.1 Å². The number of nitrogens with one attached hydrogen (secondary N) is 1. The van der Waals surface area contributed by atoms with Gasteiger partial charge in [0.25, 0.3) is 11.6 Å². The first-order chi connectivity index (χ1) is 14.8. The Hall–Kier alpha value is -3.80. The Labute approximate surface area is 186 Å². The third-order valence-electron chi connectivity index (χ3n) is 4.13. The van der Waals surface area contributed by atoms with Crippen molar-refractivity contribution in [1.82, 2.24) is 0 Å². The number of furan rings is 1. The zero-order valence-corrected chi connectivity index (χ0v) is 17.4. The molecule has 1 aromatic heterocycles. The van der Waals surface area contributed by atoms with Crippen molar-refractivity contribution in [2.24, 2.45) is 0 Å². The Morgan fingerprint density at radius 1 is 1.19 bits per heavy atom. The number of nitrogens with zero attached hydrogens (tertiary/aromatic N) is 2. The van der Waals surface area contributed by atoms with Gasteiger partial charge in [-0.05, 0) is 42.5 Å². The van der Waals surface area contributed by atoms with Crippen LogP contribution in [-0.4, -0.2) is 17.9 Å². The van der Waals surface area contributed by atoms with Crippen LogP contribution in [0.1, 0.15) is 5.76 Å². The molecule has 0 saturated heterocycles. The van der Waals surface area contributed by atoms with Crippen molar-refractivity contribution in [3.63, 3.8) is 0 Å². The van der Waals surface area contributed by atoms with Crippen LogP contribution in [-0.2, 0) is 4.79 Å². The molecule has 0 bridgehead atoms. The lowest BCUT2D eigenvalue weighted by Gasteiger charge is -2.07. The average molecular weight is 458 g/mol. The number of nitriles is 1. The SMILES string of the molecule is COc1ccc(NC(=O)/C(C#N)=C/c2ccc(-c3ccc(Cl)c(Cl)c3)o2)c([N+](=O)[O-])c1. The van der Waals surface area contributed by atoms with Gasteiger partial charge >= 0.3 is 0 Å². The fraction of sp³-hybridized carbons (Fsp3) is 0.0476. The smallest absolute Gasteiger partial charge is 0.296 e. The van der Waals surface area contributed by atoms with Crippen molar-refractivity contribution in [2.75, 3.05) is 12.4 Å². The number of benzene rings is 2. The molecule has 3 aromatic rings. The lowest BCUT2D eigenvalue weighted by atomic mass is 10.2. The Balaban J connectivity index is 1.85. The molecule has 0 radical (unpaired) electrons. The van der Waals surface area contributed by atoms with E-state index in [-0.39, 0.29) is 28.5 Å². The van der Waals surface area contributed by atoms with Gasteiger partial charge in [0.15, 0.2) is 0 Å². The third-order valence-corrected chi connectivity index (χ3v) is 4.87. The lowest BCUT2D eigenvalue weighted by Crippen LogP contribution is -2.14. The molecule has 1 amide bonds. The molecule has 0 atom stereocenters. The summed E-state index contributed by atoms with van der Waals surface area (Å²) < 4.78 is 10.6. The number of halogens is 2. The number of anilines is 1. The molecule has 31 heavy (non-hydrogen) atoms. The number of amides is 1. The fourth-order valence-corrected chi connectivity index (χ4v) is 2.91. The van der Waals surface area contributed by atoms with Crippen molar-refractivity contribution in [2.45, 2.75) is 0 Å². The molecular formula is C21H13Cl2N3O5. The first-order valence-electron chi connectivity index (χ1n) is 8.63. The van der Waals surface area contributed by atoms with Crippen molar-refractivity contribution in [3.05, 3.63) is 80.0 Å². The highest BCUT2D eigenvalue weighted by Crippen LogP contribution is 2.31. The number of ether oxygens (including phenoxy) is 1. The second-order valence-corrected chi connectivity index (χ2v) is 6.91. The summed E-state index contributed by atoms with van der Waals surface area (Å²) in [6, 6.07) is 13.9. The number of rotatable bonds is 6. The van der Waals surface area contributed by atoms with Crippen LogP contribution in [0.15, 0.2) is 58.5 Å². The number of hydrogen-bond donors (Lipinski definition) is 1. The molecule has 8 nitrogen and oxygen atoms in total. The van der Waals surface area contributed by atoms with E-state index < -0.39 is 10.8 Å². The van der Waals surface area contributed by atoms with Crippen LogP contribution < -0.4 is 10.1 Å². The molecule has 10 heteroatoms. The zero-order chi connectivity index (χ0) is 22.5. The van der Waals surface area contributed by atoms with Crippen LogP contribution >= 0.6 is 23.2 Å². The van der Waals surface area contributed by atoms with Gasteiger partial charge in [0, 0.05) is 11.6 Å². The minimum absolute atomic E-state index is 0.0760.